The van der Waals surface area contributed by atoms with Gasteiger partial charge in [-0.1, -0.05) is 25.0 Å². The van der Waals surface area contributed by atoms with Gasteiger partial charge in [0, 0.05) is 12.6 Å². The summed E-state index contributed by atoms with van der Waals surface area (Å²) in [6, 6.07) is 9.03. The fraction of sp³-hybridized carbons (Fsp3) is 0.588. The van der Waals surface area contributed by atoms with Gasteiger partial charge < -0.3 is 9.88 Å². The van der Waals surface area contributed by atoms with Crippen LogP contribution in [0.5, 0.6) is 0 Å². The summed E-state index contributed by atoms with van der Waals surface area (Å²) in [7, 11) is 0. The molecule has 0 aliphatic heterocycles. The van der Waals surface area contributed by atoms with E-state index in [-0.39, 0.29) is 0 Å². The van der Waals surface area contributed by atoms with Crippen LogP contribution in [-0.2, 0) is 6.54 Å². The Labute approximate surface area is 121 Å². The second-order valence-corrected chi connectivity index (χ2v) is 6.07. The average Bonchev–Trinajstić information content (AvgIpc) is 3.13. The van der Waals surface area contributed by atoms with Crippen LogP contribution in [-0.4, -0.2) is 22.1 Å². The zero-order valence-electron chi connectivity index (χ0n) is 12.4. The van der Waals surface area contributed by atoms with Gasteiger partial charge in [-0.25, -0.2) is 4.98 Å². The molecular formula is C17H25N3. The van der Waals surface area contributed by atoms with Crippen LogP contribution in [0.25, 0.3) is 11.0 Å². The Hall–Kier alpha value is -1.35. The van der Waals surface area contributed by atoms with Crippen molar-refractivity contribution in [2.75, 3.05) is 6.54 Å². The highest BCUT2D eigenvalue weighted by Gasteiger charge is 2.20. The number of benzene rings is 1. The van der Waals surface area contributed by atoms with Gasteiger partial charge in [-0.05, 0) is 50.8 Å². The lowest BCUT2D eigenvalue weighted by molar-refractivity contribution is 0.377. The Morgan fingerprint density at radius 2 is 2.10 bits per heavy atom. The number of nitrogens with one attached hydrogen (secondary N) is 1. The first-order valence-corrected chi connectivity index (χ1v) is 7.98. The molecule has 1 heterocycles. The molecule has 0 saturated heterocycles. The van der Waals surface area contributed by atoms with Crippen molar-refractivity contribution in [3.63, 3.8) is 0 Å². The molecule has 1 N–H and O–H groups in total. The van der Waals surface area contributed by atoms with Crippen LogP contribution >= 0.6 is 0 Å². The Morgan fingerprint density at radius 1 is 1.30 bits per heavy atom. The van der Waals surface area contributed by atoms with Gasteiger partial charge in [0.1, 0.15) is 0 Å². The lowest BCUT2D eigenvalue weighted by atomic mass is 10.00. The normalized spacial score (nSPS) is 17.9. The quantitative estimate of drug-likeness (QED) is 0.814. The number of rotatable bonds is 6. The summed E-state index contributed by atoms with van der Waals surface area (Å²) in [5.41, 5.74) is 2.34. The van der Waals surface area contributed by atoms with Crippen LogP contribution in [0.4, 0.5) is 0 Å². The lowest BCUT2D eigenvalue weighted by Crippen LogP contribution is -2.33. The molecule has 0 spiro atoms. The zero-order valence-corrected chi connectivity index (χ0v) is 12.4. The van der Waals surface area contributed by atoms with E-state index >= 15 is 0 Å². The van der Waals surface area contributed by atoms with Crippen molar-refractivity contribution >= 4 is 11.0 Å². The summed E-state index contributed by atoms with van der Waals surface area (Å²) < 4.78 is 2.26. The van der Waals surface area contributed by atoms with E-state index < -0.39 is 0 Å². The molecule has 1 aliphatic rings. The van der Waals surface area contributed by atoms with Crippen molar-refractivity contribution in [3.8, 4) is 0 Å². The van der Waals surface area contributed by atoms with Gasteiger partial charge in [-0.2, -0.15) is 0 Å². The van der Waals surface area contributed by atoms with Crippen LogP contribution in [0, 0.1) is 5.92 Å². The number of fused-ring (bicyclic) bond motifs is 1. The molecule has 0 radical (unpaired) electrons. The fourth-order valence-corrected chi connectivity index (χ4v) is 3.39. The number of hydrogen-bond donors (Lipinski definition) is 1. The molecule has 108 valence electrons. The van der Waals surface area contributed by atoms with E-state index in [0.29, 0.717) is 6.04 Å². The van der Waals surface area contributed by atoms with Gasteiger partial charge in [0.15, 0.2) is 0 Å². The minimum absolute atomic E-state index is 0.678. The molecule has 3 rings (SSSR count). The molecular weight excluding hydrogens is 246 g/mol. The Balaban J connectivity index is 1.45. The van der Waals surface area contributed by atoms with Gasteiger partial charge in [0.25, 0.3) is 0 Å². The minimum atomic E-state index is 0.678. The minimum Gasteiger partial charge on any atom is -0.331 e. The van der Waals surface area contributed by atoms with Crippen LogP contribution in [0.1, 0.15) is 39.0 Å². The van der Waals surface area contributed by atoms with Gasteiger partial charge in [-0.15, -0.1) is 0 Å². The smallest absolute Gasteiger partial charge is 0.0958 e. The number of nitrogens with zero attached hydrogens (tertiary/aromatic N) is 2. The summed E-state index contributed by atoms with van der Waals surface area (Å²) in [5.74, 6) is 0.907. The molecule has 2 aromatic rings. The van der Waals surface area contributed by atoms with Crippen LogP contribution in [0.2, 0.25) is 0 Å². The second kappa shape index (κ2) is 6.40. The molecule has 3 nitrogen and oxygen atoms in total. The van der Waals surface area contributed by atoms with E-state index in [9.17, 15) is 0 Å². The summed E-state index contributed by atoms with van der Waals surface area (Å²) in [4.78, 5) is 4.44. The summed E-state index contributed by atoms with van der Waals surface area (Å²) in [6.07, 6.45) is 8.82. The summed E-state index contributed by atoms with van der Waals surface area (Å²) in [6.45, 7) is 4.50. The van der Waals surface area contributed by atoms with Gasteiger partial charge >= 0.3 is 0 Å². The number of hydrogen-bond acceptors (Lipinski definition) is 2. The van der Waals surface area contributed by atoms with Gasteiger partial charge in [-0.3, -0.25) is 0 Å². The predicted molar refractivity (Wildman–Crippen MR) is 83.8 cm³/mol. The zero-order chi connectivity index (χ0) is 13.8. The van der Waals surface area contributed by atoms with Crippen LogP contribution in [0.3, 0.4) is 0 Å². The highest BCUT2D eigenvalue weighted by atomic mass is 15.0. The molecule has 0 bridgehead atoms. The van der Waals surface area contributed by atoms with E-state index in [0.717, 1.165) is 30.9 Å². The Morgan fingerprint density at radius 3 is 2.95 bits per heavy atom. The lowest BCUT2D eigenvalue weighted by Gasteiger charge is -2.20. The molecule has 20 heavy (non-hydrogen) atoms. The van der Waals surface area contributed by atoms with Crippen molar-refractivity contribution < 1.29 is 0 Å². The highest BCUT2D eigenvalue weighted by Crippen LogP contribution is 2.27. The number of imidazole rings is 1. The third-order valence-electron chi connectivity index (χ3n) is 4.68. The number of para-hydroxylation sites is 2. The Kier molecular flexibility index (Phi) is 4.36. The standard InChI is InChI=1S/C17H25N3/c1-14(15-7-2-3-8-15)18-11-6-12-20-13-19-16-9-4-5-10-17(16)20/h4-5,9-10,13-15,18H,2-3,6-8,11-12H2,1H3. The monoisotopic (exact) mass is 271 g/mol. The van der Waals surface area contributed by atoms with Crippen LogP contribution in [0.15, 0.2) is 30.6 Å². The third-order valence-corrected chi connectivity index (χ3v) is 4.68. The molecule has 0 amide bonds. The van der Waals surface area contributed by atoms with E-state index in [1.54, 1.807) is 0 Å². The van der Waals surface area contributed by atoms with Crippen molar-refractivity contribution in [2.45, 2.75) is 51.6 Å². The Bertz CT molecular complexity index is 540. The molecule has 1 saturated carbocycles. The van der Waals surface area contributed by atoms with Crippen molar-refractivity contribution in [1.82, 2.24) is 14.9 Å². The van der Waals surface area contributed by atoms with Gasteiger partial charge in [0.2, 0.25) is 0 Å². The van der Waals surface area contributed by atoms with Crippen molar-refractivity contribution in [1.29, 1.82) is 0 Å². The molecule has 3 heteroatoms. The predicted octanol–water partition coefficient (Wildman–Crippen LogP) is 3.59. The van der Waals surface area contributed by atoms with Crippen molar-refractivity contribution in [3.05, 3.63) is 30.6 Å². The van der Waals surface area contributed by atoms with E-state index in [4.69, 9.17) is 0 Å². The van der Waals surface area contributed by atoms with Crippen molar-refractivity contribution in [2.24, 2.45) is 5.92 Å². The van der Waals surface area contributed by atoms with E-state index in [1.165, 1.54) is 31.2 Å². The molecule has 1 fully saturated rings. The summed E-state index contributed by atoms with van der Waals surface area (Å²) >= 11 is 0. The second-order valence-electron chi connectivity index (χ2n) is 6.07. The number of aryl methyl sites for hydroxylation is 1. The SMILES string of the molecule is CC(NCCCn1cnc2ccccc21)C1CCCC1. The first-order valence-electron chi connectivity index (χ1n) is 7.98. The van der Waals surface area contributed by atoms with E-state index in [2.05, 4.69) is 40.0 Å². The first kappa shape index (κ1) is 13.6. The average molecular weight is 271 g/mol. The summed E-state index contributed by atoms with van der Waals surface area (Å²) in [5, 5.41) is 3.70. The first-order chi connectivity index (χ1) is 9.84. The maximum absolute atomic E-state index is 4.44. The molecule has 1 aromatic heterocycles. The maximum atomic E-state index is 4.44. The molecule has 1 unspecified atom stereocenters. The number of aromatic nitrogens is 2. The topological polar surface area (TPSA) is 29.9 Å². The fourth-order valence-electron chi connectivity index (χ4n) is 3.39. The highest BCUT2D eigenvalue weighted by molar-refractivity contribution is 5.74. The molecule has 1 aliphatic carbocycles. The third kappa shape index (κ3) is 3.04. The largest absolute Gasteiger partial charge is 0.331 e. The molecule has 1 aromatic carbocycles. The maximum Gasteiger partial charge on any atom is 0.0958 e. The van der Waals surface area contributed by atoms with Gasteiger partial charge in [0.05, 0.1) is 17.4 Å². The van der Waals surface area contributed by atoms with Crippen LogP contribution < -0.4 is 5.32 Å². The van der Waals surface area contributed by atoms with E-state index in [1.807, 2.05) is 12.4 Å². The molecule has 1 atom stereocenters.